The van der Waals surface area contributed by atoms with E-state index in [1.807, 2.05) is 0 Å². The zero-order valence-corrected chi connectivity index (χ0v) is 7.05. The van der Waals surface area contributed by atoms with Gasteiger partial charge in [-0.2, -0.15) is 4.21 Å². The van der Waals surface area contributed by atoms with Crippen LogP contribution >= 0.6 is 0 Å². The zero-order chi connectivity index (χ0) is 8.27. The Morgan fingerprint density at radius 1 is 1.73 bits per heavy atom. The fourth-order valence-corrected chi connectivity index (χ4v) is 1.29. The van der Waals surface area contributed by atoms with Gasteiger partial charge in [0, 0.05) is 6.04 Å². The van der Waals surface area contributed by atoms with Gasteiger partial charge in [-0.05, 0) is 12.3 Å². The van der Waals surface area contributed by atoms with Crippen molar-refractivity contribution in [2.75, 3.05) is 6.61 Å². The molecule has 0 heterocycles. The Labute approximate surface area is 68.6 Å². The van der Waals surface area contributed by atoms with Gasteiger partial charge in [0.2, 0.25) is 0 Å². The molecule has 0 aromatic rings. The monoisotopic (exact) mass is 179 g/mol. The maximum absolute atomic E-state index is 10.0. The highest BCUT2D eigenvalue weighted by Crippen LogP contribution is 2.33. The summed E-state index contributed by atoms with van der Waals surface area (Å²) in [5.74, 6) is 0.737. The standard InChI is InChI=1S/C6H13NO3S/c7-6(3-5-1-2-5)4-10-11(8)9/h5-6H,1-4,7H2,(H,8,9). The number of hydrogen-bond acceptors (Lipinski definition) is 3. The van der Waals surface area contributed by atoms with Gasteiger partial charge in [0.1, 0.15) is 0 Å². The first kappa shape index (κ1) is 9.12. The summed E-state index contributed by atoms with van der Waals surface area (Å²) in [6.45, 7) is 0.180. The van der Waals surface area contributed by atoms with Crippen LogP contribution in [-0.2, 0) is 15.5 Å². The van der Waals surface area contributed by atoms with E-state index in [1.54, 1.807) is 0 Å². The largest absolute Gasteiger partial charge is 0.326 e. The van der Waals surface area contributed by atoms with E-state index >= 15 is 0 Å². The smallest absolute Gasteiger partial charge is 0.301 e. The van der Waals surface area contributed by atoms with E-state index in [4.69, 9.17) is 10.3 Å². The average Bonchev–Trinajstić information content (AvgIpc) is 2.67. The van der Waals surface area contributed by atoms with E-state index in [1.165, 1.54) is 12.8 Å². The molecule has 66 valence electrons. The van der Waals surface area contributed by atoms with E-state index in [-0.39, 0.29) is 12.6 Å². The quantitative estimate of drug-likeness (QED) is 0.594. The highest BCUT2D eigenvalue weighted by Gasteiger charge is 2.23. The normalized spacial score (nSPS) is 23.1. The van der Waals surface area contributed by atoms with Crippen LogP contribution in [0.4, 0.5) is 0 Å². The van der Waals surface area contributed by atoms with Crippen LogP contribution in [0.1, 0.15) is 19.3 Å². The molecule has 0 aliphatic heterocycles. The van der Waals surface area contributed by atoms with Crippen molar-refractivity contribution in [3.8, 4) is 0 Å². The second kappa shape index (κ2) is 4.15. The zero-order valence-electron chi connectivity index (χ0n) is 6.23. The van der Waals surface area contributed by atoms with Crippen molar-refractivity contribution in [3.05, 3.63) is 0 Å². The van der Waals surface area contributed by atoms with Crippen LogP contribution in [0, 0.1) is 5.92 Å². The predicted molar refractivity (Wildman–Crippen MR) is 42.0 cm³/mol. The van der Waals surface area contributed by atoms with Crippen LogP contribution in [-0.4, -0.2) is 21.4 Å². The molecular weight excluding hydrogens is 166 g/mol. The SMILES string of the molecule is NC(COS(=O)O)CC1CC1. The molecule has 0 saturated heterocycles. The third kappa shape index (κ3) is 4.47. The molecule has 1 rings (SSSR count). The van der Waals surface area contributed by atoms with Crippen LogP contribution < -0.4 is 5.73 Å². The molecule has 1 aliphatic rings. The maximum atomic E-state index is 10.0. The van der Waals surface area contributed by atoms with Gasteiger partial charge in [-0.15, -0.1) is 0 Å². The van der Waals surface area contributed by atoms with E-state index in [2.05, 4.69) is 4.18 Å². The molecule has 1 saturated carbocycles. The third-order valence-corrected chi connectivity index (χ3v) is 2.05. The van der Waals surface area contributed by atoms with Gasteiger partial charge in [0.05, 0.1) is 6.61 Å². The second-order valence-electron chi connectivity index (χ2n) is 2.94. The molecule has 0 amide bonds. The Morgan fingerprint density at radius 2 is 2.36 bits per heavy atom. The van der Waals surface area contributed by atoms with E-state index in [9.17, 15) is 4.21 Å². The summed E-state index contributed by atoms with van der Waals surface area (Å²) in [5.41, 5.74) is 5.59. The fraction of sp³-hybridized carbons (Fsp3) is 1.00. The van der Waals surface area contributed by atoms with Crippen molar-refractivity contribution in [3.63, 3.8) is 0 Å². The van der Waals surface area contributed by atoms with Crippen molar-refractivity contribution in [1.82, 2.24) is 0 Å². The lowest BCUT2D eigenvalue weighted by atomic mass is 10.2. The summed E-state index contributed by atoms with van der Waals surface area (Å²) in [6, 6.07) is -0.0846. The van der Waals surface area contributed by atoms with Gasteiger partial charge in [-0.1, -0.05) is 12.8 Å². The Kier molecular flexibility index (Phi) is 3.45. The summed E-state index contributed by atoms with van der Waals surface area (Å²) >= 11 is -2.16. The Hall–Kier alpha value is 0.0300. The first-order valence-electron chi connectivity index (χ1n) is 3.68. The van der Waals surface area contributed by atoms with Gasteiger partial charge in [0.15, 0.2) is 0 Å². The third-order valence-electron chi connectivity index (χ3n) is 1.72. The van der Waals surface area contributed by atoms with Crippen LogP contribution in [0.2, 0.25) is 0 Å². The fourth-order valence-electron chi connectivity index (χ4n) is 0.995. The predicted octanol–water partition coefficient (Wildman–Crippen LogP) is 0.267. The summed E-state index contributed by atoms with van der Waals surface area (Å²) < 4.78 is 22.7. The first-order chi connectivity index (χ1) is 5.18. The lowest BCUT2D eigenvalue weighted by Crippen LogP contribution is -2.27. The van der Waals surface area contributed by atoms with Gasteiger partial charge in [-0.25, -0.2) is 0 Å². The van der Waals surface area contributed by atoms with Gasteiger partial charge < -0.3 is 5.73 Å². The summed E-state index contributed by atoms with van der Waals surface area (Å²) in [6.07, 6.45) is 3.41. The lowest BCUT2D eigenvalue weighted by molar-refractivity contribution is 0.273. The molecule has 0 radical (unpaired) electrons. The minimum atomic E-state index is -2.16. The molecule has 0 spiro atoms. The summed E-state index contributed by atoms with van der Waals surface area (Å²) in [4.78, 5) is 0. The maximum Gasteiger partial charge on any atom is 0.301 e. The van der Waals surface area contributed by atoms with Crippen molar-refractivity contribution in [2.24, 2.45) is 11.7 Å². The van der Waals surface area contributed by atoms with Gasteiger partial charge >= 0.3 is 11.4 Å². The molecule has 4 nitrogen and oxygen atoms in total. The molecule has 2 unspecified atom stereocenters. The van der Waals surface area contributed by atoms with Crippen LogP contribution in [0.25, 0.3) is 0 Å². The Balaban J connectivity index is 1.99. The molecule has 0 aromatic heterocycles. The highest BCUT2D eigenvalue weighted by atomic mass is 32.2. The molecular formula is C6H13NO3S. The van der Waals surface area contributed by atoms with Gasteiger partial charge in [0.25, 0.3) is 0 Å². The molecule has 1 aliphatic carbocycles. The minimum absolute atomic E-state index is 0.0846. The molecule has 0 aromatic carbocycles. The number of hydrogen-bond donors (Lipinski definition) is 2. The molecule has 2 atom stereocenters. The van der Waals surface area contributed by atoms with Crippen molar-refractivity contribution in [1.29, 1.82) is 0 Å². The van der Waals surface area contributed by atoms with Crippen molar-refractivity contribution < 1.29 is 12.9 Å². The highest BCUT2D eigenvalue weighted by molar-refractivity contribution is 7.74. The Morgan fingerprint density at radius 3 is 2.82 bits per heavy atom. The summed E-state index contributed by atoms with van der Waals surface area (Å²) in [5, 5.41) is 0. The summed E-state index contributed by atoms with van der Waals surface area (Å²) in [7, 11) is 0. The topological polar surface area (TPSA) is 72.5 Å². The van der Waals surface area contributed by atoms with Crippen molar-refractivity contribution in [2.45, 2.75) is 25.3 Å². The van der Waals surface area contributed by atoms with Crippen LogP contribution in [0.3, 0.4) is 0 Å². The van der Waals surface area contributed by atoms with Crippen molar-refractivity contribution >= 4 is 11.4 Å². The molecule has 3 N–H and O–H groups in total. The Bertz CT molecular complexity index is 149. The van der Waals surface area contributed by atoms with E-state index in [0.717, 1.165) is 12.3 Å². The lowest BCUT2D eigenvalue weighted by Gasteiger charge is -2.07. The van der Waals surface area contributed by atoms with Gasteiger partial charge in [-0.3, -0.25) is 8.74 Å². The van der Waals surface area contributed by atoms with Crippen LogP contribution in [0.5, 0.6) is 0 Å². The van der Waals surface area contributed by atoms with Crippen LogP contribution in [0.15, 0.2) is 0 Å². The molecule has 11 heavy (non-hydrogen) atoms. The average molecular weight is 179 g/mol. The minimum Gasteiger partial charge on any atom is -0.326 e. The number of nitrogens with two attached hydrogens (primary N) is 1. The number of rotatable bonds is 5. The van der Waals surface area contributed by atoms with E-state index in [0.29, 0.717) is 0 Å². The first-order valence-corrected chi connectivity index (χ1v) is 4.71. The second-order valence-corrected chi connectivity index (χ2v) is 3.61. The van der Waals surface area contributed by atoms with E-state index < -0.39 is 11.4 Å². The molecule has 5 heteroatoms. The molecule has 1 fully saturated rings. The molecule has 0 bridgehead atoms.